The van der Waals surface area contributed by atoms with E-state index >= 15 is 0 Å². The fraction of sp³-hybridized carbons (Fsp3) is 0.412. The van der Waals surface area contributed by atoms with E-state index in [-0.39, 0.29) is 0 Å². The molecule has 0 heterocycles. The van der Waals surface area contributed by atoms with Gasteiger partial charge in [-0.05, 0) is 30.4 Å². The third-order valence-corrected chi connectivity index (χ3v) is 2.99. The van der Waals surface area contributed by atoms with E-state index in [1.165, 1.54) is 36.8 Å². The smallest absolute Gasteiger partial charge is 0.0135 e. The summed E-state index contributed by atoms with van der Waals surface area (Å²) in [6.45, 7) is 8.38. The van der Waals surface area contributed by atoms with E-state index in [0.29, 0.717) is 0 Å². The summed E-state index contributed by atoms with van der Waals surface area (Å²) in [5.74, 6) is 0. The Balaban J connectivity index is 3.10. The van der Waals surface area contributed by atoms with Crippen LogP contribution in [-0.4, -0.2) is 0 Å². The van der Waals surface area contributed by atoms with Gasteiger partial charge in [0.2, 0.25) is 0 Å². The van der Waals surface area contributed by atoms with Crippen molar-refractivity contribution in [2.45, 2.75) is 46.0 Å². The van der Waals surface area contributed by atoms with Crippen molar-refractivity contribution < 1.29 is 0 Å². The van der Waals surface area contributed by atoms with Crippen molar-refractivity contribution in [2.75, 3.05) is 0 Å². The fourth-order valence-corrected chi connectivity index (χ4v) is 2.27. The fourth-order valence-electron chi connectivity index (χ4n) is 2.27. The van der Waals surface area contributed by atoms with Gasteiger partial charge in [-0.2, -0.15) is 0 Å². The maximum atomic E-state index is 3.88. The van der Waals surface area contributed by atoms with Gasteiger partial charge >= 0.3 is 0 Å². The van der Waals surface area contributed by atoms with Gasteiger partial charge in [0.05, 0.1) is 0 Å². The lowest BCUT2D eigenvalue weighted by atomic mass is 9.92. The predicted octanol–water partition coefficient (Wildman–Crippen LogP) is 5.62. The third-order valence-electron chi connectivity index (χ3n) is 2.99. The predicted molar refractivity (Wildman–Crippen MR) is 78.0 cm³/mol. The molecule has 0 radical (unpaired) electrons. The number of hydrogen-bond acceptors (Lipinski definition) is 0. The number of hydrogen-bond donors (Lipinski definition) is 0. The van der Waals surface area contributed by atoms with Gasteiger partial charge in [-0.3, -0.25) is 0 Å². The molecule has 17 heavy (non-hydrogen) atoms. The summed E-state index contributed by atoms with van der Waals surface area (Å²) in [4.78, 5) is 0. The van der Waals surface area contributed by atoms with Gasteiger partial charge in [0, 0.05) is 0 Å². The van der Waals surface area contributed by atoms with Crippen LogP contribution < -0.4 is 0 Å². The Morgan fingerprint density at radius 3 is 2.24 bits per heavy atom. The summed E-state index contributed by atoms with van der Waals surface area (Å²) in [6.07, 6.45) is 7.84. The topological polar surface area (TPSA) is 0 Å². The summed E-state index contributed by atoms with van der Waals surface area (Å²) >= 11 is 0. The molecular formula is C17H24. The monoisotopic (exact) mass is 228 g/mol. The molecule has 0 saturated carbocycles. The second kappa shape index (κ2) is 7.89. The highest BCUT2D eigenvalue weighted by Crippen LogP contribution is 2.28. The molecule has 1 aromatic carbocycles. The molecule has 92 valence electrons. The van der Waals surface area contributed by atoms with E-state index in [2.05, 4.69) is 50.8 Å². The molecule has 0 spiro atoms. The quantitative estimate of drug-likeness (QED) is 0.532. The Kier molecular flexibility index (Phi) is 6.39. The minimum atomic E-state index is 1.03. The zero-order chi connectivity index (χ0) is 12.5. The van der Waals surface area contributed by atoms with Crippen molar-refractivity contribution in [3.63, 3.8) is 0 Å². The van der Waals surface area contributed by atoms with Gasteiger partial charge in [0.1, 0.15) is 0 Å². The molecule has 0 aliphatic carbocycles. The maximum absolute atomic E-state index is 3.88. The lowest BCUT2D eigenvalue weighted by molar-refractivity contribution is 0.864. The second-order valence-corrected chi connectivity index (χ2v) is 4.44. The lowest BCUT2D eigenvalue weighted by Crippen LogP contribution is -1.92. The van der Waals surface area contributed by atoms with Crippen LogP contribution in [0.3, 0.4) is 0 Å². The Hall–Kier alpha value is -1.30. The second-order valence-electron chi connectivity index (χ2n) is 4.44. The van der Waals surface area contributed by atoms with Crippen LogP contribution in [0.1, 0.15) is 51.5 Å². The van der Waals surface area contributed by atoms with E-state index in [4.69, 9.17) is 0 Å². The zero-order valence-electron chi connectivity index (χ0n) is 11.2. The molecule has 0 saturated heterocycles. The van der Waals surface area contributed by atoms with Gasteiger partial charge in [0.25, 0.3) is 0 Å². The van der Waals surface area contributed by atoms with Crippen LogP contribution in [0.25, 0.3) is 5.57 Å². The molecule has 0 amide bonds. The van der Waals surface area contributed by atoms with Gasteiger partial charge in [-0.1, -0.05) is 68.7 Å². The number of allylic oxidation sites excluding steroid dienone is 3. The first-order chi connectivity index (χ1) is 8.33. The average Bonchev–Trinajstić information content (AvgIpc) is 2.37. The molecule has 0 bridgehead atoms. The van der Waals surface area contributed by atoms with Gasteiger partial charge in [-0.25, -0.2) is 0 Å². The largest absolute Gasteiger partial charge is 0.103 e. The van der Waals surface area contributed by atoms with Crippen LogP contribution in [0.5, 0.6) is 0 Å². The summed E-state index contributed by atoms with van der Waals surface area (Å²) in [5, 5.41) is 0. The summed E-state index contributed by atoms with van der Waals surface area (Å²) < 4.78 is 0. The molecule has 1 rings (SSSR count). The summed E-state index contributed by atoms with van der Waals surface area (Å²) in [6, 6.07) is 10.8. The van der Waals surface area contributed by atoms with E-state index in [9.17, 15) is 0 Å². The molecule has 0 heteroatoms. The lowest BCUT2D eigenvalue weighted by Gasteiger charge is -2.14. The summed E-state index contributed by atoms with van der Waals surface area (Å²) in [7, 11) is 0. The van der Waals surface area contributed by atoms with Crippen molar-refractivity contribution in [1.82, 2.24) is 0 Å². The molecule has 0 aromatic heterocycles. The minimum Gasteiger partial charge on any atom is -0.103 e. The van der Waals surface area contributed by atoms with Gasteiger partial charge < -0.3 is 0 Å². The maximum Gasteiger partial charge on any atom is -0.0135 e. The molecular weight excluding hydrogens is 204 g/mol. The highest BCUT2D eigenvalue weighted by atomic mass is 14.1. The number of benzene rings is 1. The average molecular weight is 228 g/mol. The van der Waals surface area contributed by atoms with E-state index in [1.807, 2.05) is 6.08 Å². The first-order valence-corrected chi connectivity index (χ1v) is 6.70. The molecule has 0 fully saturated rings. The first-order valence-electron chi connectivity index (χ1n) is 6.70. The Bertz CT molecular complexity index is 357. The van der Waals surface area contributed by atoms with E-state index in [1.54, 1.807) is 5.57 Å². The third kappa shape index (κ3) is 4.22. The standard InChI is InChI=1S/C17H24/c1-4-10-15(11-5-2)17(12-6-3)16-13-8-7-9-14-16/h4,7-9,13-14H,1,5-6,10-12H2,2-3H3/b17-15+. The molecule has 0 unspecified atom stereocenters. The van der Waals surface area contributed by atoms with Crippen molar-refractivity contribution in [3.05, 3.63) is 54.1 Å². The van der Waals surface area contributed by atoms with Crippen LogP contribution in [0.4, 0.5) is 0 Å². The normalized spacial score (nSPS) is 12.1. The molecule has 0 aliphatic heterocycles. The van der Waals surface area contributed by atoms with E-state index < -0.39 is 0 Å². The molecule has 0 N–H and O–H groups in total. The molecule has 1 aromatic rings. The number of rotatable bonds is 7. The Morgan fingerprint density at radius 1 is 1.06 bits per heavy atom. The van der Waals surface area contributed by atoms with Gasteiger partial charge in [-0.15, -0.1) is 6.58 Å². The zero-order valence-corrected chi connectivity index (χ0v) is 11.2. The van der Waals surface area contributed by atoms with Crippen LogP contribution in [0.15, 0.2) is 48.6 Å². The minimum absolute atomic E-state index is 1.03. The van der Waals surface area contributed by atoms with Gasteiger partial charge in [0.15, 0.2) is 0 Å². The Morgan fingerprint density at radius 2 is 1.71 bits per heavy atom. The van der Waals surface area contributed by atoms with Crippen molar-refractivity contribution >= 4 is 5.57 Å². The van der Waals surface area contributed by atoms with Crippen molar-refractivity contribution in [3.8, 4) is 0 Å². The van der Waals surface area contributed by atoms with Crippen LogP contribution in [0, 0.1) is 0 Å². The van der Waals surface area contributed by atoms with Crippen molar-refractivity contribution in [2.24, 2.45) is 0 Å². The molecule has 0 nitrogen and oxygen atoms in total. The van der Waals surface area contributed by atoms with Crippen molar-refractivity contribution in [1.29, 1.82) is 0 Å². The SMILES string of the molecule is C=CC/C(CCC)=C(/CCC)c1ccccc1. The summed E-state index contributed by atoms with van der Waals surface area (Å²) in [5.41, 5.74) is 4.49. The van der Waals surface area contributed by atoms with E-state index in [0.717, 1.165) is 6.42 Å². The van der Waals surface area contributed by atoms with Crippen LogP contribution in [-0.2, 0) is 0 Å². The molecule has 0 aliphatic rings. The highest BCUT2D eigenvalue weighted by molar-refractivity contribution is 5.68. The van der Waals surface area contributed by atoms with Crippen LogP contribution in [0.2, 0.25) is 0 Å². The first kappa shape index (κ1) is 13.8. The highest BCUT2D eigenvalue weighted by Gasteiger charge is 2.06. The van der Waals surface area contributed by atoms with Crippen LogP contribution >= 0.6 is 0 Å². The molecule has 0 atom stereocenters. The Labute approximate surface area is 106 Å².